The fourth-order valence-corrected chi connectivity index (χ4v) is 3.28. The summed E-state index contributed by atoms with van der Waals surface area (Å²) in [5.74, 6) is -0.663. The third-order valence-electron chi connectivity index (χ3n) is 4.68. The summed E-state index contributed by atoms with van der Waals surface area (Å²) in [5, 5.41) is 14.1. The first-order valence-corrected chi connectivity index (χ1v) is 9.09. The molecule has 3 rings (SSSR count). The van der Waals surface area contributed by atoms with E-state index >= 15 is 0 Å². The Labute approximate surface area is 172 Å². The number of nitrogens with zero attached hydrogens (tertiary/aromatic N) is 3. The molecule has 1 aliphatic heterocycles. The minimum absolute atomic E-state index is 0. The fraction of sp³-hybridized carbons (Fsp3) is 0.500. The van der Waals surface area contributed by atoms with Crippen LogP contribution in [0.2, 0.25) is 0 Å². The number of hydrogen-bond acceptors (Lipinski definition) is 5. The normalized spacial score (nSPS) is 14.9. The lowest BCUT2D eigenvalue weighted by atomic mass is 10.1. The maximum Gasteiger partial charge on any atom is 0.573 e. The Morgan fingerprint density at radius 2 is 2.00 bits per heavy atom. The van der Waals surface area contributed by atoms with E-state index in [-0.39, 0.29) is 42.9 Å². The average molecular weight is 434 g/mol. The van der Waals surface area contributed by atoms with E-state index in [0.29, 0.717) is 11.3 Å². The van der Waals surface area contributed by atoms with E-state index in [1.54, 1.807) is 17.7 Å². The van der Waals surface area contributed by atoms with Crippen molar-refractivity contribution in [2.75, 3.05) is 19.6 Å². The molecule has 1 amide bonds. The van der Waals surface area contributed by atoms with Crippen LogP contribution in [0.15, 0.2) is 24.3 Å². The second-order valence-electron chi connectivity index (χ2n) is 6.61. The summed E-state index contributed by atoms with van der Waals surface area (Å²) in [4.78, 5) is 12.4. The van der Waals surface area contributed by atoms with Crippen molar-refractivity contribution in [3.63, 3.8) is 0 Å². The lowest BCUT2D eigenvalue weighted by Gasteiger charge is -2.23. The van der Waals surface area contributed by atoms with Crippen LogP contribution in [0.25, 0.3) is 0 Å². The van der Waals surface area contributed by atoms with E-state index in [0.717, 1.165) is 25.9 Å². The molecule has 0 radical (unpaired) electrons. The highest BCUT2D eigenvalue weighted by Gasteiger charge is 2.32. The van der Waals surface area contributed by atoms with Gasteiger partial charge in [0.1, 0.15) is 5.75 Å². The Morgan fingerprint density at radius 3 is 2.69 bits per heavy atom. The van der Waals surface area contributed by atoms with Crippen LogP contribution in [0.1, 0.15) is 40.6 Å². The van der Waals surface area contributed by atoms with Crippen molar-refractivity contribution in [1.29, 1.82) is 0 Å². The molecule has 29 heavy (non-hydrogen) atoms. The quantitative estimate of drug-likeness (QED) is 0.732. The molecule has 1 aliphatic rings. The number of halogens is 4. The van der Waals surface area contributed by atoms with Crippen molar-refractivity contribution >= 4 is 18.3 Å². The van der Waals surface area contributed by atoms with E-state index in [4.69, 9.17) is 0 Å². The summed E-state index contributed by atoms with van der Waals surface area (Å²) in [6.45, 7) is 3.73. The Kier molecular flexibility index (Phi) is 7.86. The number of benzene rings is 1. The zero-order chi connectivity index (χ0) is 20.1. The molecule has 7 nitrogen and oxygen atoms in total. The zero-order valence-corrected chi connectivity index (χ0v) is 16.6. The van der Waals surface area contributed by atoms with Crippen LogP contribution in [0, 0.1) is 6.92 Å². The molecule has 0 atom stereocenters. The van der Waals surface area contributed by atoms with E-state index in [2.05, 4.69) is 25.7 Å². The highest BCUT2D eigenvalue weighted by atomic mass is 35.5. The largest absolute Gasteiger partial charge is 0.573 e. The van der Waals surface area contributed by atoms with E-state index < -0.39 is 12.3 Å². The molecule has 0 bridgehead atoms. The van der Waals surface area contributed by atoms with E-state index in [1.165, 1.54) is 18.2 Å². The van der Waals surface area contributed by atoms with Crippen LogP contribution < -0.4 is 15.4 Å². The first-order valence-electron chi connectivity index (χ1n) is 9.09. The number of rotatable bonds is 6. The number of aromatic nitrogens is 3. The highest BCUT2D eigenvalue weighted by Crippen LogP contribution is 2.26. The molecule has 0 aliphatic carbocycles. The molecule has 2 N–H and O–H groups in total. The minimum atomic E-state index is -4.76. The number of para-hydroxylation sites is 1. The smallest absolute Gasteiger partial charge is 0.406 e. The minimum Gasteiger partial charge on any atom is -0.406 e. The fourth-order valence-electron chi connectivity index (χ4n) is 3.28. The summed E-state index contributed by atoms with van der Waals surface area (Å²) >= 11 is 0. The first-order chi connectivity index (χ1) is 13.3. The number of ether oxygens (including phenoxy) is 1. The van der Waals surface area contributed by atoms with Gasteiger partial charge in [0, 0.05) is 6.54 Å². The third-order valence-corrected chi connectivity index (χ3v) is 4.68. The van der Waals surface area contributed by atoms with Crippen molar-refractivity contribution < 1.29 is 22.7 Å². The van der Waals surface area contributed by atoms with Gasteiger partial charge in [0.15, 0.2) is 5.69 Å². The van der Waals surface area contributed by atoms with Gasteiger partial charge in [-0.1, -0.05) is 23.4 Å². The van der Waals surface area contributed by atoms with Crippen LogP contribution in [-0.2, 0) is 6.42 Å². The van der Waals surface area contributed by atoms with Crippen molar-refractivity contribution in [2.24, 2.45) is 0 Å². The number of hydrogen-bond donors (Lipinski definition) is 2. The van der Waals surface area contributed by atoms with Crippen LogP contribution in [-0.4, -0.2) is 46.9 Å². The summed E-state index contributed by atoms with van der Waals surface area (Å²) in [6.07, 6.45) is -2.73. The topological polar surface area (TPSA) is 81.1 Å². The SMILES string of the molecule is Cc1c(C(=O)NCCc2ccccc2OC(F)(F)F)nnn1C1CCNCC1.Cl. The van der Waals surface area contributed by atoms with E-state index in [9.17, 15) is 18.0 Å². The number of piperidine rings is 1. The summed E-state index contributed by atoms with van der Waals surface area (Å²) < 4.78 is 43.2. The molecular formula is C18H23ClF3N5O2. The number of nitrogens with one attached hydrogen (secondary N) is 2. The Morgan fingerprint density at radius 1 is 1.31 bits per heavy atom. The van der Waals surface area contributed by atoms with Crippen LogP contribution >= 0.6 is 12.4 Å². The summed E-state index contributed by atoms with van der Waals surface area (Å²) in [5.41, 5.74) is 1.28. The zero-order valence-electron chi connectivity index (χ0n) is 15.8. The molecule has 1 fully saturated rings. The molecule has 160 valence electrons. The maximum atomic E-state index is 12.5. The molecule has 2 heterocycles. The predicted molar refractivity (Wildman–Crippen MR) is 102 cm³/mol. The second kappa shape index (κ2) is 9.93. The standard InChI is InChI=1S/C18H22F3N5O2.ClH/c1-12-16(24-25-26(12)14-7-9-22-10-8-14)17(27)23-11-6-13-4-2-3-5-15(13)28-18(19,20)21;/h2-5,14,22H,6-11H2,1H3,(H,23,27);1H. The maximum absolute atomic E-state index is 12.5. The summed E-state index contributed by atoms with van der Waals surface area (Å²) in [6, 6.07) is 6.08. The molecule has 0 spiro atoms. The second-order valence-corrected chi connectivity index (χ2v) is 6.61. The first kappa shape index (κ1) is 23.0. The lowest BCUT2D eigenvalue weighted by molar-refractivity contribution is -0.274. The van der Waals surface area contributed by atoms with Gasteiger partial charge in [0.05, 0.1) is 11.7 Å². The molecule has 1 saturated heterocycles. The number of amides is 1. The Balaban J connectivity index is 0.00000300. The molecule has 1 aromatic carbocycles. The Bertz CT molecular complexity index is 822. The molecule has 2 aromatic rings. The van der Waals surface area contributed by atoms with Crippen molar-refractivity contribution in [2.45, 2.75) is 38.6 Å². The Hall–Kier alpha value is -2.33. The van der Waals surface area contributed by atoms with Crippen LogP contribution in [0.4, 0.5) is 13.2 Å². The number of alkyl halides is 3. The molecule has 11 heteroatoms. The molecule has 0 unspecified atom stereocenters. The van der Waals surface area contributed by atoms with Gasteiger partial charge < -0.3 is 15.4 Å². The lowest BCUT2D eigenvalue weighted by Crippen LogP contribution is -2.30. The van der Waals surface area contributed by atoms with Crippen LogP contribution in [0.3, 0.4) is 0 Å². The molecule has 1 aromatic heterocycles. The third kappa shape index (κ3) is 6.07. The van der Waals surface area contributed by atoms with Gasteiger partial charge in [-0.15, -0.1) is 30.7 Å². The monoisotopic (exact) mass is 433 g/mol. The molecule has 0 saturated carbocycles. The van der Waals surface area contributed by atoms with Gasteiger partial charge in [-0.3, -0.25) is 4.79 Å². The highest BCUT2D eigenvalue weighted by molar-refractivity contribution is 5.93. The van der Waals surface area contributed by atoms with Crippen molar-refractivity contribution in [1.82, 2.24) is 25.6 Å². The van der Waals surface area contributed by atoms with Gasteiger partial charge in [0.2, 0.25) is 0 Å². The van der Waals surface area contributed by atoms with Crippen molar-refractivity contribution in [3.05, 3.63) is 41.2 Å². The van der Waals surface area contributed by atoms with Gasteiger partial charge in [-0.25, -0.2) is 4.68 Å². The van der Waals surface area contributed by atoms with Crippen molar-refractivity contribution in [3.8, 4) is 5.75 Å². The predicted octanol–water partition coefficient (Wildman–Crippen LogP) is 2.80. The number of carbonyl (C=O) groups is 1. The van der Waals surface area contributed by atoms with Gasteiger partial charge in [-0.2, -0.15) is 0 Å². The van der Waals surface area contributed by atoms with Gasteiger partial charge in [-0.05, 0) is 50.9 Å². The average Bonchev–Trinajstić information content (AvgIpc) is 3.04. The molecular weight excluding hydrogens is 411 g/mol. The van der Waals surface area contributed by atoms with Crippen LogP contribution in [0.5, 0.6) is 5.75 Å². The van der Waals surface area contributed by atoms with Gasteiger partial charge in [0.25, 0.3) is 5.91 Å². The van der Waals surface area contributed by atoms with E-state index in [1.807, 2.05) is 0 Å². The summed E-state index contributed by atoms with van der Waals surface area (Å²) in [7, 11) is 0. The number of carbonyl (C=O) groups excluding carboxylic acids is 1. The van der Waals surface area contributed by atoms with Gasteiger partial charge >= 0.3 is 6.36 Å².